The summed E-state index contributed by atoms with van der Waals surface area (Å²) >= 11 is 0. The molecule has 0 amide bonds. The van der Waals surface area contributed by atoms with Gasteiger partial charge < -0.3 is 14.0 Å². The van der Waals surface area contributed by atoms with Crippen molar-refractivity contribution in [2.24, 2.45) is 0 Å². The molecule has 1 aliphatic heterocycles. The Hall–Kier alpha value is -2.21. The first-order valence-electron chi connectivity index (χ1n) is 7.52. The number of esters is 1. The van der Waals surface area contributed by atoms with Crippen LogP contribution in [0, 0.1) is 0 Å². The Bertz CT molecular complexity index is 649. The molecule has 1 aromatic carbocycles. The molecule has 0 saturated carbocycles. The highest BCUT2D eigenvalue weighted by molar-refractivity contribution is 5.89. The van der Waals surface area contributed by atoms with Crippen molar-refractivity contribution in [3.63, 3.8) is 0 Å². The fraction of sp³-hybridized carbons (Fsp3) is 0.438. The molecule has 0 fully saturated rings. The first-order chi connectivity index (χ1) is 10.8. The maximum absolute atomic E-state index is 12.1. The van der Waals surface area contributed by atoms with E-state index in [0.717, 1.165) is 18.7 Å². The fourth-order valence-corrected chi connectivity index (χ4v) is 2.47. The van der Waals surface area contributed by atoms with Crippen molar-refractivity contribution in [1.82, 2.24) is 14.8 Å². The third-order valence-electron chi connectivity index (χ3n) is 3.66. The average Bonchev–Trinajstić information content (AvgIpc) is 2.97. The summed E-state index contributed by atoms with van der Waals surface area (Å²) in [5.41, 5.74) is 1.78. The molecule has 0 atom stereocenters. The van der Waals surface area contributed by atoms with Crippen molar-refractivity contribution in [2.45, 2.75) is 39.5 Å². The van der Waals surface area contributed by atoms with E-state index in [9.17, 15) is 4.79 Å². The molecule has 2 heterocycles. The van der Waals surface area contributed by atoms with Crippen LogP contribution in [0.1, 0.15) is 40.9 Å². The number of hydrogen-bond acceptors (Lipinski definition) is 5. The summed E-state index contributed by atoms with van der Waals surface area (Å²) in [4.78, 5) is 12.1. The molecule has 0 saturated heterocycles. The van der Waals surface area contributed by atoms with Crippen LogP contribution < -0.4 is 0 Å². The van der Waals surface area contributed by atoms with Gasteiger partial charge in [0, 0.05) is 6.54 Å². The summed E-state index contributed by atoms with van der Waals surface area (Å²) in [5.74, 6) is 1.10. The number of carbonyl (C=O) groups is 1. The van der Waals surface area contributed by atoms with Crippen LogP contribution in [-0.2, 0) is 35.7 Å². The Kier molecular flexibility index (Phi) is 4.48. The van der Waals surface area contributed by atoms with E-state index < -0.39 is 0 Å². The molecule has 1 aliphatic rings. The van der Waals surface area contributed by atoms with Crippen molar-refractivity contribution in [3.05, 3.63) is 47.0 Å². The summed E-state index contributed by atoms with van der Waals surface area (Å²) in [7, 11) is 0. The van der Waals surface area contributed by atoms with E-state index >= 15 is 0 Å². The molecule has 0 unspecified atom stereocenters. The van der Waals surface area contributed by atoms with E-state index in [1.807, 2.05) is 16.7 Å². The summed E-state index contributed by atoms with van der Waals surface area (Å²) < 4.78 is 12.6. The number of nitrogens with zero attached hydrogens (tertiary/aromatic N) is 3. The molecule has 6 nitrogen and oxygen atoms in total. The van der Waals surface area contributed by atoms with E-state index in [1.54, 1.807) is 12.1 Å². The predicted molar refractivity (Wildman–Crippen MR) is 79.2 cm³/mol. The van der Waals surface area contributed by atoms with Crippen LogP contribution in [0.4, 0.5) is 0 Å². The Morgan fingerprint density at radius 2 is 2.14 bits per heavy atom. The van der Waals surface area contributed by atoms with Crippen LogP contribution >= 0.6 is 0 Å². The zero-order valence-corrected chi connectivity index (χ0v) is 12.6. The molecule has 0 aliphatic carbocycles. The van der Waals surface area contributed by atoms with Gasteiger partial charge in [-0.05, 0) is 24.1 Å². The molecule has 116 valence electrons. The third-order valence-corrected chi connectivity index (χ3v) is 3.66. The molecule has 0 N–H and O–H groups in total. The van der Waals surface area contributed by atoms with Gasteiger partial charge in [0.05, 0.1) is 12.2 Å². The van der Waals surface area contributed by atoms with Crippen molar-refractivity contribution < 1.29 is 14.3 Å². The van der Waals surface area contributed by atoms with Gasteiger partial charge in [-0.2, -0.15) is 0 Å². The van der Waals surface area contributed by atoms with Crippen molar-refractivity contribution >= 4 is 5.97 Å². The monoisotopic (exact) mass is 301 g/mol. The van der Waals surface area contributed by atoms with Crippen LogP contribution in [0.5, 0.6) is 0 Å². The van der Waals surface area contributed by atoms with Gasteiger partial charge in [-0.3, -0.25) is 0 Å². The van der Waals surface area contributed by atoms with Crippen LogP contribution in [0.25, 0.3) is 0 Å². The molecular formula is C16H19N3O3. The van der Waals surface area contributed by atoms with Crippen LogP contribution in [0.2, 0.25) is 0 Å². The largest absolute Gasteiger partial charge is 0.454 e. The second-order valence-corrected chi connectivity index (χ2v) is 5.26. The number of rotatable bonds is 5. The van der Waals surface area contributed by atoms with E-state index in [0.29, 0.717) is 31.1 Å². The molecule has 0 bridgehead atoms. The quantitative estimate of drug-likeness (QED) is 0.791. The summed E-state index contributed by atoms with van der Waals surface area (Å²) in [6.07, 6.45) is 2.11. The Morgan fingerprint density at radius 1 is 1.32 bits per heavy atom. The predicted octanol–water partition coefficient (Wildman–Crippen LogP) is 2.12. The smallest absolute Gasteiger partial charge is 0.338 e. The number of hydrogen-bond donors (Lipinski definition) is 0. The van der Waals surface area contributed by atoms with E-state index in [1.165, 1.54) is 5.56 Å². The van der Waals surface area contributed by atoms with Crippen molar-refractivity contribution in [2.75, 3.05) is 6.61 Å². The number of fused-ring (bicyclic) bond motifs is 1. The van der Waals surface area contributed by atoms with Crippen LogP contribution in [-0.4, -0.2) is 27.3 Å². The number of aryl methyl sites for hydroxylation is 1. The lowest BCUT2D eigenvalue weighted by atomic mass is 10.1. The molecule has 6 heteroatoms. The maximum atomic E-state index is 12.1. The molecule has 1 aromatic heterocycles. The minimum absolute atomic E-state index is 0.128. The van der Waals surface area contributed by atoms with Gasteiger partial charge in [0.2, 0.25) is 0 Å². The lowest BCUT2D eigenvalue weighted by molar-refractivity contribution is 0.0442. The normalized spacial score (nSPS) is 13.7. The summed E-state index contributed by atoms with van der Waals surface area (Å²) in [6.45, 7) is 4.04. The van der Waals surface area contributed by atoms with Gasteiger partial charge in [0.1, 0.15) is 6.61 Å². The molecule has 0 spiro atoms. The zero-order chi connectivity index (χ0) is 15.4. The molecule has 2 aromatic rings. The lowest BCUT2D eigenvalue weighted by Crippen LogP contribution is -2.19. The molecule has 22 heavy (non-hydrogen) atoms. The molecule has 0 radical (unpaired) electrons. The van der Waals surface area contributed by atoms with Gasteiger partial charge in [-0.1, -0.05) is 25.5 Å². The van der Waals surface area contributed by atoms with Gasteiger partial charge in [0.25, 0.3) is 0 Å². The van der Waals surface area contributed by atoms with Crippen molar-refractivity contribution in [3.8, 4) is 0 Å². The van der Waals surface area contributed by atoms with Gasteiger partial charge in [0.15, 0.2) is 18.3 Å². The first-order valence-corrected chi connectivity index (χ1v) is 7.52. The summed E-state index contributed by atoms with van der Waals surface area (Å²) in [5, 5.41) is 8.09. The van der Waals surface area contributed by atoms with E-state index in [2.05, 4.69) is 17.1 Å². The lowest BCUT2D eigenvalue weighted by Gasteiger charge is -2.15. The number of ether oxygens (including phenoxy) is 2. The highest BCUT2D eigenvalue weighted by Gasteiger charge is 2.17. The maximum Gasteiger partial charge on any atom is 0.338 e. The highest BCUT2D eigenvalue weighted by Crippen LogP contribution is 2.12. The highest BCUT2D eigenvalue weighted by atomic mass is 16.5. The number of benzene rings is 1. The van der Waals surface area contributed by atoms with E-state index in [-0.39, 0.29) is 12.6 Å². The fourth-order valence-electron chi connectivity index (χ4n) is 2.47. The Labute approximate surface area is 129 Å². The zero-order valence-electron chi connectivity index (χ0n) is 12.6. The molecule has 3 rings (SSSR count). The minimum Gasteiger partial charge on any atom is -0.454 e. The Balaban J connectivity index is 1.61. The second kappa shape index (κ2) is 6.70. The van der Waals surface area contributed by atoms with E-state index in [4.69, 9.17) is 9.47 Å². The topological polar surface area (TPSA) is 66.2 Å². The molecular weight excluding hydrogens is 282 g/mol. The number of aromatic nitrogens is 3. The van der Waals surface area contributed by atoms with Gasteiger partial charge >= 0.3 is 5.97 Å². The van der Waals surface area contributed by atoms with Crippen LogP contribution in [0.15, 0.2) is 24.3 Å². The SMILES string of the molecule is CCCc1ccc(C(=O)OCc2nnc3n2CCOC3)cc1. The van der Waals surface area contributed by atoms with Gasteiger partial charge in [-0.25, -0.2) is 4.79 Å². The number of carbonyl (C=O) groups excluding carboxylic acids is 1. The Morgan fingerprint density at radius 3 is 2.91 bits per heavy atom. The van der Waals surface area contributed by atoms with Gasteiger partial charge in [-0.15, -0.1) is 10.2 Å². The first kappa shape index (κ1) is 14.7. The standard InChI is InChI=1S/C16H19N3O3/c1-2-3-12-4-6-13(7-5-12)16(20)22-11-15-18-17-14-10-21-9-8-19(14)15/h4-7H,2-3,8-11H2,1H3. The summed E-state index contributed by atoms with van der Waals surface area (Å²) in [6, 6.07) is 7.55. The average molecular weight is 301 g/mol. The second-order valence-electron chi connectivity index (χ2n) is 5.26. The van der Waals surface area contributed by atoms with Crippen molar-refractivity contribution in [1.29, 1.82) is 0 Å². The minimum atomic E-state index is -0.340. The third kappa shape index (κ3) is 3.17. The van der Waals surface area contributed by atoms with Crippen LogP contribution in [0.3, 0.4) is 0 Å².